The Morgan fingerprint density at radius 3 is 2.93 bits per heavy atom. The Kier molecular flexibility index (Phi) is 4.60. The van der Waals surface area contributed by atoms with Gasteiger partial charge in [0.25, 0.3) is 0 Å². The Balaban J connectivity index is 1.62. The first-order valence-electron chi connectivity index (χ1n) is 9.42. The second kappa shape index (κ2) is 7.06. The third-order valence-corrected chi connectivity index (χ3v) is 5.32. The molecule has 140 valence electrons. The van der Waals surface area contributed by atoms with E-state index in [-0.39, 0.29) is 11.7 Å². The molecule has 4 nitrogen and oxygen atoms in total. The second-order valence-electron chi connectivity index (χ2n) is 7.47. The molecule has 1 unspecified atom stereocenters. The quantitative estimate of drug-likeness (QED) is 0.618. The van der Waals surface area contributed by atoms with Crippen LogP contribution in [0.25, 0.3) is 10.9 Å². The van der Waals surface area contributed by atoms with Crippen molar-refractivity contribution in [3.63, 3.8) is 0 Å². The van der Waals surface area contributed by atoms with Gasteiger partial charge in [0.1, 0.15) is 5.82 Å². The van der Waals surface area contributed by atoms with Gasteiger partial charge in [0.15, 0.2) is 5.88 Å². The van der Waals surface area contributed by atoms with Gasteiger partial charge in [-0.05, 0) is 49.4 Å². The Morgan fingerprint density at radius 2 is 2.15 bits per heavy atom. The van der Waals surface area contributed by atoms with Crippen molar-refractivity contribution in [3.8, 4) is 5.88 Å². The predicted octanol–water partition coefficient (Wildman–Crippen LogP) is 5.31. The van der Waals surface area contributed by atoms with Crippen LogP contribution in [-0.4, -0.2) is 29.4 Å². The highest BCUT2D eigenvalue weighted by atomic mass is 19.1. The number of benzene rings is 2. The van der Waals surface area contributed by atoms with E-state index >= 15 is 0 Å². The van der Waals surface area contributed by atoms with Crippen LogP contribution in [0.1, 0.15) is 30.9 Å². The minimum absolute atomic E-state index is 0.0717. The highest BCUT2D eigenvalue weighted by molar-refractivity contribution is 6.04. The van der Waals surface area contributed by atoms with Crippen LogP contribution >= 0.6 is 0 Å². The van der Waals surface area contributed by atoms with Gasteiger partial charge in [0.2, 0.25) is 0 Å². The van der Waals surface area contributed by atoms with Gasteiger partial charge in [0.05, 0.1) is 16.9 Å². The minimum Gasteiger partial charge on any atom is -0.494 e. The predicted molar refractivity (Wildman–Crippen MR) is 109 cm³/mol. The van der Waals surface area contributed by atoms with Gasteiger partial charge < -0.3 is 15.0 Å². The fourth-order valence-electron chi connectivity index (χ4n) is 3.95. The zero-order valence-electron chi connectivity index (χ0n) is 15.7. The molecule has 0 amide bonds. The van der Waals surface area contributed by atoms with E-state index in [9.17, 15) is 9.50 Å². The largest absolute Gasteiger partial charge is 0.494 e. The molecule has 3 aromatic rings. The minimum atomic E-state index is -0.252. The molecular weight excluding hydrogens is 341 g/mol. The monoisotopic (exact) mass is 365 g/mol. The number of aromatic hydroxyl groups is 1. The van der Waals surface area contributed by atoms with Crippen molar-refractivity contribution in [1.29, 1.82) is 0 Å². The van der Waals surface area contributed by atoms with E-state index in [1.165, 1.54) is 12.5 Å². The number of halogens is 1. The summed E-state index contributed by atoms with van der Waals surface area (Å²) in [6.45, 7) is 5.98. The summed E-state index contributed by atoms with van der Waals surface area (Å²) < 4.78 is 14.7. The van der Waals surface area contributed by atoms with E-state index in [2.05, 4.69) is 21.8 Å². The first kappa shape index (κ1) is 17.6. The van der Waals surface area contributed by atoms with Gasteiger partial charge in [-0.15, -0.1) is 0 Å². The van der Waals surface area contributed by atoms with E-state index in [4.69, 9.17) is 0 Å². The summed E-state index contributed by atoms with van der Waals surface area (Å²) in [5.41, 5.74) is 3.70. The normalized spacial score (nSPS) is 17.9. The average Bonchev–Trinajstić information content (AvgIpc) is 2.96. The number of hydrogen-bond donors (Lipinski definition) is 2. The van der Waals surface area contributed by atoms with Gasteiger partial charge in [0, 0.05) is 36.3 Å². The highest BCUT2D eigenvalue weighted by Gasteiger charge is 2.19. The molecular formula is C22H24FN3O. The first-order valence-corrected chi connectivity index (χ1v) is 9.42. The van der Waals surface area contributed by atoms with E-state index in [1.807, 2.05) is 31.2 Å². The molecule has 5 heteroatoms. The van der Waals surface area contributed by atoms with Crippen LogP contribution < -0.4 is 4.90 Å². The summed E-state index contributed by atoms with van der Waals surface area (Å²) in [5.74, 6) is 0.407. The molecule has 2 aromatic carbocycles. The van der Waals surface area contributed by atoms with Crippen molar-refractivity contribution in [2.24, 2.45) is 10.9 Å². The van der Waals surface area contributed by atoms with Crippen molar-refractivity contribution in [1.82, 2.24) is 4.98 Å². The number of piperidine rings is 1. The SMILES string of the molecule is Cc1cccc2[nH]c(O)c(C=Nc3ccc(N4CCCC(C)C4)c(F)c3)c12. The maximum atomic E-state index is 14.7. The fraction of sp³-hybridized carbons (Fsp3) is 0.318. The molecule has 1 saturated heterocycles. The molecule has 0 bridgehead atoms. The lowest BCUT2D eigenvalue weighted by molar-refractivity contribution is 0.442. The molecule has 0 saturated carbocycles. The molecule has 0 spiro atoms. The van der Waals surface area contributed by atoms with Gasteiger partial charge in [-0.1, -0.05) is 19.1 Å². The van der Waals surface area contributed by atoms with Crippen molar-refractivity contribution in [3.05, 3.63) is 53.3 Å². The summed E-state index contributed by atoms with van der Waals surface area (Å²) in [6.07, 6.45) is 3.90. The molecule has 1 aromatic heterocycles. The fourth-order valence-corrected chi connectivity index (χ4v) is 3.95. The number of H-pyrrole nitrogens is 1. The number of aromatic amines is 1. The Morgan fingerprint density at radius 1 is 1.30 bits per heavy atom. The lowest BCUT2D eigenvalue weighted by atomic mass is 9.99. The first-order chi connectivity index (χ1) is 13.0. The number of fused-ring (bicyclic) bond motifs is 1. The maximum Gasteiger partial charge on any atom is 0.198 e. The van der Waals surface area contributed by atoms with E-state index in [1.54, 1.807) is 12.3 Å². The zero-order valence-corrected chi connectivity index (χ0v) is 15.7. The van der Waals surface area contributed by atoms with Crippen LogP contribution in [0.4, 0.5) is 15.8 Å². The van der Waals surface area contributed by atoms with E-state index < -0.39 is 0 Å². The third-order valence-electron chi connectivity index (χ3n) is 5.32. The number of nitrogens with one attached hydrogen (secondary N) is 1. The summed E-state index contributed by atoms with van der Waals surface area (Å²) in [5, 5.41) is 11.1. The van der Waals surface area contributed by atoms with Crippen molar-refractivity contribution < 1.29 is 9.50 Å². The van der Waals surface area contributed by atoms with E-state index in [0.717, 1.165) is 36.0 Å². The molecule has 0 radical (unpaired) electrons. The summed E-state index contributed by atoms with van der Waals surface area (Å²) in [7, 11) is 0. The molecule has 1 aliphatic rings. The number of aliphatic imine (C=N–C) groups is 1. The standard InChI is InChI=1S/C22H24FN3O/c1-14-5-4-10-26(13-14)20-9-8-16(11-18(20)23)24-12-17-21-15(2)6-3-7-19(21)25-22(17)27/h3,6-9,11-12,14,25,27H,4-5,10,13H2,1-2H3. The maximum absolute atomic E-state index is 14.7. The highest BCUT2D eigenvalue weighted by Crippen LogP contribution is 2.31. The Bertz CT molecular complexity index is 1010. The Labute approximate surface area is 158 Å². The van der Waals surface area contributed by atoms with Crippen LogP contribution in [0.5, 0.6) is 5.88 Å². The van der Waals surface area contributed by atoms with Crippen molar-refractivity contribution in [2.75, 3.05) is 18.0 Å². The molecule has 1 aliphatic heterocycles. The molecule has 2 N–H and O–H groups in total. The number of aryl methyl sites for hydroxylation is 1. The summed E-state index contributed by atoms with van der Waals surface area (Å²) in [4.78, 5) is 9.47. The second-order valence-corrected chi connectivity index (χ2v) is 7.47. The topological polar surface area (TPSA) is 51.6 Å². The van der Waals surface area contributed by atoms with Crippen LogP contribution in [0.2, 0.25) is 0 Å². The lowest BCUT2D eigenvalue weighted by Gasteiger charge is -2.33. The van der Waals surface area contributed by atoms with Crippen molar-refractivity contribution >= 4 is 28.5 Å². The molecule has 1 fully saturated rings. The van der Waals surface area contributed by atoms with Gasteiger partial charge in [-0.3, -0.25) is 4.99 Å². The summed E-state index contributed by atoms with van der Waals surface area (Å²) in [6, 6.07) is 10.9. The van der Waals surface area contributed by atoms with Gasteiger partial charge in [-0.2, -0.15) is 0 Å². The molecule has 2 heterocycles. The number of aromatic nitrogens is 1. The number of nitrogens with zero attached hydrogens (tertiary/aromatic N) is 2. The molecule has 0 aliphatic carbocycles. The van der Waals surface area contributed by atoms with Gasteiger partial charge in [-0.25, -0.2) is 4.39 Å². The number of anilines is 1. The smallest absolute Gasteiger partial charge is 0.198 e. The van der Waals surface area contributed by atoms with E-state index in [0.29, 0.717) is 22.9 Å². The van der Waals surface area contributed by atoms with Crippen LogP contribution in [0.15, 0.2) is 41.4 Å². The van der Waals surface area contributed by atoms with Gasteiger partial charge >= 0.3 is 0 Å². The van der Waals surface area contributed by atoms with Crippen LogP contribution in [0, 0.1) is 18.7 Å². The van der Waals surface area contributed by atoms with Crippen molar-refractivity contribution in [2.45, 2.75) is 26.7 Å². The zero-order chi connectivity index (χ0) is 19.0. The molecule has 1 atom stereocenters. The number of hydrogen-bond acceptors (Lipinski definition) is 3. The lowest BCUT2D eigenvalue weighted by Crippen LogP contribution is -2.34. The molecule has 4 rings (SSSR count). The molecule has 27 heavy (non-hydrogen) atoms. The van der Waals surface area contributed by atoms with Crippen LogP contribution in [0.3, 0.4) is 0 Å². The number of rotatable bonds is 3. The van der Waals surface area contributed by atoms with Crippen LogP contribution in [-0.2, 0) is 0 Å². The average molecular weight is 365 g/mol. The third kappa shape index (κ3) is 3.42. The summed E-state index contributed by atoms with van der Waals surface area (Å²) >= 11 is 0. The Hall–Kier alpha value is -2.82.